The van der Waals surface area contributed by atoms with Crippen LogP contribution in [0.25, 0.3) is 0 Å². The van der Waals surface area contributed by atoms with Gasteiger partial charge in [0.25, 0.3) is 0 Å². The van der Waals surface area contributed by atoms with E-state index in [9.17, 15) is 19.0 Å². The van der Waals surface area contributed by atoms with Crippen LogP contribution in [0.2, 0.25) is 0 Å². The van der Waals surface area contributed by atoms with Crippen LogP contribution in [0.15, 0.2) is 60.8 Å². The number of hydrogen-bond acceptors (Lipinski definition) is 7. The Labute approximate surface area is 267 Å². The van der Waals surface area contributed by atoms with Crippen LogP contribution in [-0.4, -0.2) is 43.3 Å². The molecule has 0 radical (unpaired) electrons. The van der Waals surface area contributed by atoms with E-state index >= 15 is 0 Å². The van der Waals surface area contributed by atoms with Crippen molar-refractivity contribution < 1.29 is 37.6 Å². The van der Waals surface area contributed by atoms with Crippen LogP contribution in [0, 0.1) is 0 Å². The molecule has 0 rings (SSSR count). The highest BCUT2D eigenvalue weighted by Gasteiger charge is 2.24. The standard InChI is InChI=1S/C35H59O8P/c1-4-6-8-10-12-14-16-17-18-19-20-22-24-26-28-30-35(37)43-33(32-42-44(38,39)40-3)31-41-34(36)29-27-25-23-21-15-13-11-9-7-5-2/h6,8,12,14,17-18,20,22,26,28,33H,4-5,7,9-11,13,15-16,19,21,23-25,27,29-32H2,1-3H3,(H,38,39)/b8-6-,14-12-,18-17-,22-20-,28-26-. The molecule has 0 aromatic rings. The molecule has 0 aliphatic rings. The molecule has 9 heteroatoms. The second kappa shape index (κ2) is 30.8. The molecule has 0 saturated carbocycles. The highest BCUT2D eigenvalue weighted by molar-refractivity contribution is 7.47. The summed E-state index contributed by atoms with van der Waals surface area (Å²) in [5.41, 5.74) is 0. The van der Waals surface area contributed by atoms with Crippen molar-refractivity contribution in [2.45, 2.75) is 129 Å². The first-order chi connectivity index (χ1) is 21.3. The Bertz CT molecular complexity index is 906. The summed E-state index contributed by atoms with van der Waals surface area (Å²) < 4.78 is 31.6. The van der Waals surface area contributed by atoms with Crippen LogP contribution < -0.4 is 0 Å². The maximum atomic E-state index is 12.3. The summed E-state index contributed by atoms with van der Waals surface area (Å²) in [6, 6.07) is 0. The zero-order chi connectivity index (χ0) is 32.6. The molecule has 0 amide bonds. The topological polar surface area (TPSA) is 108 Å². The van der Waals surface area contributed by atoms with Crippen molar-refractivity contribution in [1.82, 2.24) is 0 Å². The minimum atomic E-state index is -4.28. The molecule has 8 nitrogen and oxygen atoms in total. The van der Waals surface area contributed by atoms with Gasteiger partial charge in [-0.15, -0.1) is 0 Å². The first kappa shape index (κ1) is 41.8. The summed E-state index contributed by atoms with van der Waals surface area (Å²) >= 11 is 0. The molecule has 2 atom stereocenters. The van der Waals surface area contributed by atoms with E-state index in [1.54, 1.807) is 6.08 Å². The minimum absolute atomic E-state index is 0.0115. The van der Waals surface area contributed by atoms with Crippen LogP contribution in [0.3, 0.4) is 0 Å². The number of unbranched alkanes of at least 4 members (excludes halogenated alkanes) is 9. The molecular weight excluding hydrogens is 579 g/mol. The predicted molar refractivity (Wildman–Crippen MR) is 179 cm³/mol. The zero-order valence-electron chi connectivity index (χ0n) is 27.5. The molecule has 0 aliphatic carbocycles. The Kier molecular flexibility index (Phi) is 29.2. The van der Waals surface area contributed by atoms with Crippen LogP contribution in [0.4, 0.5) is 0 Å². The van der Waals surface area contributed by atoms with Crippen molar-refractivity contribution >= 4 is 19.8 Å². The van der Waals surface area contributed by atoms with Crippen molar-refractivity contribution in [2.24, 2.45) is 0 Å². The Morgan fingerprint density at radius 3 is 1.64 bits per heavy atom. The third kappa shape index (κ3) is 29.8. The SMILES string of the molecule is CC/C=C\C/C=C\C/C=C\C/C=C\C/C=C\CC(=O)OC(COC(=O)CCCCCCCCCCCC)COP(=O)(O)OC. The molecule has 0 spiro atoms. The average molecular weight is 639 g/mol. The van der Waals surface area contributed by atoms with Crippen LogP contribution in [0.1, 0.15) is 123 Å². The van der Waals surface area contributed by atoms with Crippen molar-refractivity contribution in [1.29, 1.82) is 0 Å². The van der Waals surface area contributed by atoms with E-state index in [0.717, 1.165) is 52.1 Å². The maximum absolute atomic E-state index is 12.3. The predicted octanol–water partition coefficient (Wildman–Crippen LogP) is 9.66. The van der Waals surface area contributed by atoms with E-state index in [4.69, 9.17) is 14.0 Å². The molecule has 1 N–H and O–H groups in total. The third-order valence-corrected chi connectivity index (χ3v) is 7.50. The zero-order valence-corrected chi connectivity index (χ0v) is 28.4. The number of carbonyl (C=O) groups is 2. The molecule has 0 fully saturated rings. The molecule has 252 valence electrons. The Morgan fingerprint density at radius 1 is 0.659 bits per heavy atom. The van der Waals surface area contributed by atoms with Gasteiger partial charge < -0.3 is 14.4 Å². The summed E-state index contributed by atoms with van der Waals surface area (Å²) in [7, 11) is -3.24. The summed E-state index contributed by atoms with van der Waals surface area (Å²) in [5.74, 6) is -0.960. The normalized spacial score (nSPS) is 14.4. The third-order valence-electron chi connectivity index (χ3n) is 6.56. The van der Waals surface area contributed by atoms with Gasteiger partial charge in [-0.1, -0.05) is 132 Å². The molecule has 0 heterocycles. The largest absolute Gasteiger partial charge is 0.472 e. The van der Waals surface area contributed by atoms with Crippen molar-refractivity contribution in [3.63, 3.8) is 0 Å². The number of rotatable bonds is 29. The van der Waals surface area contributed by atoms with E-state index in [1.165, 1.54) is 44.9 Å². The van der Waals surface area contributed by atoms with Gasteiger partial charge >= 0.3 is 19.8 Å². The van der Waals surface area contributed by atoms with Gasteiger partial charge in [-0.2, -0.15) is 0 Å². The van der Waals surface area contributed by atoms with E-state index in [0.29, 0.717) is 6.42 Å². The van der Waals surface area contributed by atoms with Crippen molar-refractivity contribution in [3.05, 3.63) is 60.8 Å². The lowest BCUT2D eigenvalue weighted by Gasteiger charge is -2.19. The summed E-state index contributed by atoms with van der Waals surface area (Å²) in [4.78, 5) is 34.1. The van der Waals surface area contributed by atoms with Gasteiger partial charge in [0.2, 0.25) is 0 Å². The van der Waals surface area contributed by atoms with Gasteiger partial charge in [0.1, 0.15) is 6.61 Å². The van der Waals surface area contributed by atoms with Crippen LogP contribution >= 0.6 is 7.82 Å². The lowest BCUT2D eigenvalue weighted by Crippen LogP contribution is -2.29. The van der Waals surface area contributed by atoms with Gasteiger partial charge in [-0.05, 0) is 38.5 Å². The second-order valence-electron chi connectivity index (χ2n) is 10.6. The van der Waals surface area contributed by atoms with Crippen molar-refractivity contribution in [2.75, 3.05) is 20.3 Å². The quantitative estimate of drug-likeness (QED) is 0.0373. The number of carbonyl (C=O) groups excluding carboxylic acids is 2. The van der Waals surface area contributed by atoms with E-state index in [-0.39, 0.29) is 19.4 Å². The van der Waals surface area contributed by atoms with Gasteiger partial charge in [-0.3, -0.25) is 18.6 Å². The van der Waals surface area contributed by atoms with Gasteiger partial charge in [0.05, 0.1) is 13.0 Å². The first-order valence-electron chi connectivity index (χ1n) is 16.5. The molecule has 2 unspecified atom stereocenters. The summed E-state index contributed by atoms with van der Waals surface area (Å²) in [6.07, 6.45) is 35.9. The Morgan fingerprint density at radius 2 is 1.14 bits per heavy atom. The van der Waals surface area contributed by atoms with E-state index < -0.39 is 32.5 Å². The van der Waals surface area contributed by atoms with Gasteiger partial charge in [0, 0.05) is 13.5 Å². The lowest BCUT2D eigenvalue weighted by molar-refractivity contribution is -0.160. The minimum Gasteiger partial charge on any atom is -0.462 e. The Hall–Kier alpha value is -2.25. The number of esters is 2. The number of hydrogen-bond donors (Lipinski definition) is 1. The van der Waals surface area contributed by atoms with Crippen LogP contribution in [0.5, 0.6) is 0 Å². The van der Waals surface area contributed by atoms with Gasteiger partial charge in [0.15, 0.2) is 6.10 Å². The molecular formula is C35H59O8P. The average Bonchev–Trinajstić information content (AvgIpc) is 3.01. The van der Waals surface area contributed by atoms with Crippen LogP contribution in [-0.2, 0) is 32.7 Å². The second-order valence-corrected chi connectivity index (χ2v) is 12.1. The fraction of sp³-hybridized carbons (Fsp3) is 0.657. The van der Waals surface area contributed by atoms with E-state index in [2.05, 4.69) is 60.9 Å². The first-order valence-corrected chi connectivity index (χ1v) is 18.0. The molecule has 0 bridgehead atoms. The van der Waals surface area contributed by atoms with Crippen molar-refractivity contribution in [3.8, 4) is 0 Å². The monoisotopic (exact) mass is 638 g/mol. The number of ether oxygens (including phenoxy) is 2. The molecule has 44 heavy (non-hydrogen) atoms. The smallest absolute Gasteiger partial charge is 0.462 e. The molecule has 0 aromatic heterocycles. The number of allylic oxidation sites excluding steroid dienone is 9. The number of phosphoric ester groups is 1. The maximum Gasteiger partial charge on any atom is 0.472 e. The highest BCUT2D eigenvalue weighted by Crippen LogP contribution is 2.42. The summed E-state index contributed by atoms with van der Waals surface area (Å²) in [5, 5.41) is 0. The number of phosphoric acid groups is 1. The van der Waals surface area contributed by atoms with E-state index in [1.807, 2.05) is 12.2 Å². The Balaban J connectivity index is 4.31. The molecule has 0 aliphatic heterocycles. The molecule has 0 aromatic carbocycles. The lowest BCUT2D eigenvalue weighted by atomic mass is 10.1. The fourth-order valence-corrected chi connectivity index (χ4v) is 4.49. The highest BCUT2D eigenvalue weighted by atomic mass is 31.2. The summed E-state index contributed by atoms with van der Waals surface area (Å²) in [6.45, 7) is 3.64. The fourth-order valence-electron chi connectivity index (χ4n) is 4.03. The van der Waals surface area contributed by atoms with Gasteiger partial charge in [-0.25, -0.2) is 4.57 Å². The molecule has 0 saturated heterocycles.